The maximum absolute atomic E-state index is 6.11. The van der Waals surface area contributed by atoms with Gasteiger partial charge >= 0.3 is 0 Å². The van der Waals surface area contributed by atoms with Crippen molar-refractivity contribution in [3.8, 4) is 11.3 Å². The van der Waals surface area contributed by atoms with Crippen molar-refractivity contribution in [2.24, 2.45) is 5.73 Å². The van der Waals surface area contributed by atoms with Gasteiger partial charge in [-0.05, 0) is 6.07 Å². The van der Waals surface area contributed by atoms with E-state index in [-0.39, 0.29) is 11.6 Å². The summed E-state index contributed by atoms with van der Waals surface area (Å²) >= 11 is 0. The van der Waals surface area contributed by atoms with Gasteiger partial charge < -0.3 is 11.1 Å². The zero-order chi connectivity index (χ0) is 12.8. The van der Waals surface area contributed by atoms with E-state index in [4.69, 9.17) is 5.73 Å². The van der Waals surface area contributed by atoms with Crippen molar-refractivity contribution in [2.45, 2.75) is 25.4 Å². The number of pyridine rings is 1. The maximum atomic E-state index is 6.11. The number of hydrogen-bond donors (Lipinski definition) is 2. The zero-order valence-electron chi connectivity index (χ0n) is 10.6. The molecule has 2 aromatic rings. The molecule has 1 aliphatic rings. The fourth-order valence-electron chi connectivity index (χ4n) is 2.37. The highest BCUT2D eigenvalue weighted by molar-refractivity contribution is 5.69. The third kappa shape index (κ3) is 1.59. The Kier molecular flexibility index (Phi) is 2.38. The Labute approximate surface area is 107 Å². The van der Waals surface area contributed by atoms with Gasteiger partial charge in [0.2, 0.25) is 0 Å². The molecule has 0 saturated carbocycles. The minimum absolute atomic E-state index is 0.0553. The number of nitrogens with one attached hydrogen (secondary N) is 1. The SMILES string of the molecule is CC1(C)c2cnc(-c3ccccc3)cc2NC1N. The number of nitrogens with two attached hydrogens (primary N) is 1. The summed E-state index contributed by atoms with van der Waals surface area (Å²) in [5, 5.41) is 3.34. The molecule has 1 aliphatic heterocycles. The Morgan fingerprint density at radius 3 is 2.67 bits per heavy atom. The fraction of sp³-hybridized carbons (Fsp3) is 0.267. The molecule has 0 amide bonds. The van der Waals surface area contributed by atoms with Gasteiger partial charge in [-0.3, -0.25) is 4.98 Å². The Bertz CT molecular complexity index is 576. The predicted molar refractivity (Wildman–Crippen MR) is 74.3 cm³/mol. The van der Waals surface area contributed by atoms with Crippen LogP contribution in [0.25, 0.3) is 11.3 Å². The van der Waals surface area contributed by atoms with Crippen LogP contribution in [0.2, 0.25) is 0 Å². The van der Waals surface area contributed by atoms with Crippen molar-refractivity contribution in [1.82, 2.24) is 4.98 Å². The number of anilines is 1. The molecule has 0 spiro atoms. The number of rotatable bonds is 1. The fourth-order valence-corrected chi connectivity index (χ4v) is 2.37. The molecule has 3 heteroatoms. The van der Waals surface area contributed by atoms with Crippen LogP contribution in [-0.4, -0.2) is 11.1 Å². The Balaban J connectivity index is 2.07. The molecule has 3 nitrogen and oxygen atoms in total. The quantitative estimate of drug-likeness (QED) is 0.804. The monoisotopic (exact) mass is 239 g/mol. The van der Waals surface area contributed by atoms with Crippen molar-refractivity contribution >= 4 is 5.69 Å². The molecule has 0 fully saturated rings. The van der Waals surface area contributed by atoms with Gasteiger partial charge in [0.25, 0.3) is 0 Å². The lowest BCUT2D eigenvalue weighted by atomic mass is 9.85. The van der Waals surface area contributed by atoms with Crippen LogP contribution in [0.3, 0.4) is 0 Å². The molecular formula is C15H17N3. The highest BCUT2D eigenvalue weighted by atomic mass is 15.1. The van der Waals surface area contributed by atoms with Crippen LogP contribution in [0.5, 0.6) is 0 Å². The van der Waals surface area contributed by atoms with Crippen LogP contribution in [0.4, 0.5) is 5.69 Å². The van der Waals surface area contributed by atoms with Crippen LogP contribution < -0.4 is 11.1 Å². The Hall–Kier alpha value is -1.87. The van der Waals surface area contributed by atoms with Gasteiger partial charge in [0.1, 0.15) is 0 Å². The molecule has 1 atom stereocenters. The van der Waals surface area contributed by atoms with E-state index < -0.39 is 0 Å². The predicted octanol–water partition coefficient (Wildman–Crippen LogP) is 2.74. The summed E-state index contributed by atoms with van der Waals surface area (Å²) in [6, 6.07) is 12.3. The highest BCUT2D eigenvalue weighted by Crippen LogP contribution is 2.39. The molecule has 1 unspecified atom stereocenters. The van der Waals surface area contributed by atoms with Crippen LogP contribution in [0.15, 0.2) is 42.6 Å². The molecule has 0 aliphatic carbocycles. The molecule has 1 aromatic heterocycles. The van der Waals surface area contributed by atoms with E-state index in [0.29, 0.717) is 0 Å². The Morgan fingerprint density at radius 2 is 1.94 bits per heavy atom. The summed E-state index contributed by atoms with van der Waals surface area (Å²) in [5.41, 5.74) is 10.4. The van der Waals surface area contributed by atoms with E-state index in [1.54, 1.807) is 0 Å². The normalized spacial score (nSPS) is 20.3. The van der Waals surface area contributed by atoms with Crippen LogP contribution in [0.1, 0.15) is 19.4 Å². The summed E-state index contributed by atoms with van der Waals surface area (Å²) in [7, 11) is 0. The maximum Gasteiger partial charge on any atom is 0.0837 e. The van der Waals surface area contributed by atoms with Crippen molar-refractivity contribution < 1.29 is 0 Å². The second-order valence-electron chi connectivity index (χ2n) is 5.32. The molecular weight excluding hydrogens is 222 g/mol. The third-order valence-electron chi connectivity index (χ3n) is 3.76. The van der Waals surface area contributed by atoms with E-state index in [1.807, 2.05) is 24.4 Å². The van der Waals surface area contributed by atoms with E-state index >= 15 is 0 Å². The average molecular weight is 239 g/mol. The van der Waals surface area contributed by atoms with Gasteiger partial charge in [-0.2, -0.15) is 0 Å². The first-order chi connectivity index (χ1) is 8.59. The number of nitrogens with zero attached hydrogens (tertiary/aromatic N) is 1. The molecule has 3 rings (SSSR count). The molecule has 0 bridgehead atoms. The van der Waals surface area contributed by atoms with Crippen molar-refractivity contribution in [2.75, 3.05) is 5.32 Å². The van der Waals surface area contributed by atoms with Gasteiger partial charge in [0, 0.05) is 28.4 Å². The second-order valence-corrected chi connectivity index (χ2v) is 5.32. The van der Waals surface area contributed by atoms with Gasteiger partial charge in [-0.15, -0.1) is 0 Å². The molecule has 2 heterocycles. The van der Waals surface area contributed by atoms with E-state index in [9.17, 15) is 0 Å². The Morgan fingerprint density at radius 1 is 1.22 bits per heavy atom. The summed E-state index contributed by atoms with van der Waals surface area (Å²) < 4.78 is 0. The van der Waals surface area contributed by atoms with Crippen LogP contribution in [-0.2, 0) is 5.41 Å². The molecule has 1 aromatic carbocycles. The topological polar surface area (TPSA) is 50.9 Å². The van der Waals surface area contributed by atoms with Crippen molar-refractivity contribution in [1.29, 1.82) is 0 Å². The van der Waals surface area contributed by atoms with Crippen molar-refractivity contribution in [3.63, 3.8) is 0 Å². The van der Waals surface area contributed by atoms with Gasteiger partial charge in [-0.1, -0.05) is 44.2 Å². The minimum Gasteiger partial charge on any atom is -0.369 e. The number of fused-ring (bicyclic) bond motifs is 1. The summed E-state index contributed by atoms with van der Waals surface area (Å²) in [5.74, 6) is 0. The second kappa shape index (κ2) is 3.82. The van der Waals surface area contributed by atoms with Crippen LogP contribution >= 0.6 is 0 Å². The number of hydrogen-bond acceptors (Lipinski definition) is 3. The smallest absolute Gasteiger partial charge is 0.0837 e. The minimum atomic E-state index is -0.0719. The van der Waals surface area contributed by atoms with Gasteiger partial charge in [-0.25, -0.2) is 0 Å². The molecule has 3 N–H and O–H groups in total. The standard InChI is InChI=1S/C15H17N3/c1-15(2)11-9-17-12(8-13(11)18-14(15)16)10-6-4-3-5-7-10/h3-9,14,18H,16H2,1-2H3. The largest absolute Gasteiger partial charge is 0.369 e. The third-order valence-corrected chi connectivity index (χ3v) is 3.76. The number of aromatic nitrogens is 1. The molecule has 18 heavy (non-hydrogen) atoms. The summed E-state index contributed by atoms with van der Waals surface area (Å²) in [6.07, 6.45) is 1.89. The van der Waals surface area contributed by atoms with Crippen molar-refractivity contribution in [3.05, 3.63) is 48.2 Å². The lowest BCUT2D eigenvalue weighted by molar-refractivity contribution is 0.470. The molecule has 0 radical (unpaired) electrons. The van der Waals surface area contributed by atoms with Crippen LogP contribution in [0, 0.1) is 0 Å². The average Bonchev–Trinajstić information content (AvgIpc) is 2.61. The summed E-state index contributed by atoms with van der Waals surface area (Å²) in [6.45, 7) is 4.28. The van der Waals surface area contributed by atoms with Gasteiger partial charge in [0.05, 0.1) is 11.9 Å². The van der Waals surface area contributed by atoms with E-state index in [0.717, 1.165) is 16.9 Å². The lowest BCUT2D eigenvalue weighted by Gasteiger charge is -2.23. The number of benzene rings is 1. The summed E-state index contributed by atoms with van der Waals surface area (Å²) in [4.78, 5) is 4.56. The molecule has 92 valence electrons. The molecule has 0 saturated heterocycles. The first-order valence-corrected chi connectivity index (χ1v) is 6.17. The first-order valence-electron chi connectivity index (χ1n) is 6.17. The van der Waals surface area contributed by atoms with E-state index in [2.05, 4.69) is 42.3 Å². The lowest BCUT2D eigenvalue weighted by Crippen LogP contribution is -2.40. The van der Waals surface area contributed by atoms with E-state index in [1.165, 1.54) is 5.56 Å². The van der Waals surface area contributed by atoms with Gasteiger partial charge in [0.15, 0.2) is 0 Å². The highest BCUT2D eigenvalue weighted by Gasteiger charge is 2.37. The first kappa shape index (κ1) is 11.2. The zero-order valence-corrected chi connectivity index (χ0v) is 10.6.